The van der Waals surface area contributed by atoms with Crippen LogP contribution in [0.15, 0.2) is 5.16 Å². The Bertz CT molecular complexity index is 118. The molecule has 0 aliphatic carbocycles. The van der Waals surface area contributed by atoms with Crippen molar-refractivity contribution in [2.45, 2.75) is 20.3 Å². The molecule has 0 aliphatic heterocycles. The minimum absolute atomic E-state index is 0.0142. The van der Waals surface area contributed by atoms with Gasteiger partial charge in [0, 0.05) is 6.42 Å². The van der Waals surface area contributed by atoms with Gasteiger partial charge in [-0.25, -0.2) is 0 Å². The molecule has 46 valence electrons. The molecule has 0 atom stereocenters. The summed E-state index contributed by atoms with van der Waals surface area (Å²) in [5.74, 6) is 0.0142. The number of ketones is 1. The zero-order valence-electron chi connectivity index (χ0n) is 5.01. The Hall–Kier alpha value is -0.860. The summed E-state index contributed by atoms with van der Waals surface area (Å²) in [4.78, 5) is 10.2. The molecule has 0 saturated carbocycles. The van der Waals surface area contributed by atoms with Gasteiger partial charge in [-0.3, -0.25) is 4.79 Å². The second-order valence-corrected chi connectivity index (χ2v) is 1.71. The Morgan fingerprint density at radius 2 is 2.12 bits per heavy atom. The first kappa shape index (κ1) is 7.14. The third kappa shape index (κ3) is 3.33. The summed E-state index contributed by atoms with van der Waals surface area (Å²) in [5, 5.41) is 10.8. The smallest absolute Gasteiger partial charge is 0.135 e. The molecule has 0 aliphatic rings. The lowest BCUT2D eigenvalue weighted by Crippen LogP contribution is -1.98. The monoisotopic (exact) mass is 115 g/mol. The molecule has 0 aromatic rings. The molecule has 3 nitrogen and oxygen atoms in total. The zero-order valence-corrected chi connectivity index (χ0v) is 5.01. The van der Waals surface area contributed by atoms with Crippen LogP contribution in [0.25, 0.3) is 0 Å². The first-order valence-electron chi connectivity index (χ1n) is 2.33. The Balaban J connectivity index is 3.56. The van der Waals surface area contributed by atoms with Gasteiger partial charge in [0.15, 0.2) is 0 Å². The topological polar surface area (TPSA) is 49.7 Å². The van der Waals surface area contributed by atoms with E-state index in [0.717, 1.165) is 0 Å². The molecule has 0 rings (SSSR count). The molecule has 0 aromatic heterocycles. The summed E-state index contributed by atoms with van der Waals surface area (Å²) in [5.41, 5.74) is 0.456. The normalized spacial score (nSPS) is 11.5. The predicted molar refractivity (Wildman–Crippen MR) is 30.2 cm³/mol. The molecule has 8 heavy (non-hydrogen) atoms. The number of rotatable bonds is 2. The molecule has 0 amide bonds. The highest BCUT2D eigenvalue weighted by atomic mass is 16.4. The summed E-state index contributed by atoms with van der Waals surface area (Å²) >= 11 is 0. The van der Waals surface area contributed by atoms with Crippen LogP contribution in [-0.4, -0.2) is 16.7 Å². The van der Waals surface area contributed by atoms with Crippen molar-refractivity contribution in [1.29, 1.82) is 0 Å². The fourth-order valence-electron chi connectivity index (χ4n) is 0.396. The van der Waals surface area contributed by atoms with E-state index in [9.17, 15) is 4.79 Å². The summed E-state index contributed by atoms with van der Waals surface area (Å²) in [6.07, 6.45) is 0.247. The van der Waals surface area contributed by atoms with E-state index in [1.54, 1.807) is 6.92 Å². The van der Waals surface area contributed by atoms with Gasteiger partial charge >= 0.3 is 0 Å². The fourth-order valence-corrected chi connectivity index (χ4v) is 0.396. The lowest BCUT2D eigenvalue weighted by molar-refractivity contribution is -0.115. The largest absolute Gasteiger partial charge is 0.411 e. The van der Waals surface area contributed by atoms with E-state index in [1.165, 1.54) is 6.92 Å². The van der Waals surface area contributed by atoms with Crippen LogP contribution in [0.4, 0.5) is 0 Å². The summed E-state index contributed by atoms with van der Waals surface area (Å²) in [7, 11) is 0. The molecule has 0 heterocycles. The maximum absolute atomic E-state index is 10.2. The van der Waals surface area contributed by atoms with E-state index >= 15 is 0 Å². The molecule has 0 spiro atoms. The van der Waals surface area contributed by atoms with Gasteiger partial charge in [-0.1, -0.05) is 5.16 Å². The lowest BCUT2D eigenvalue weighted by Gasteiger charge is -1.88. The number of hydrogen-bond donors (Lipinski definition) is 1. The average Bonchev–Trinajstić information content (AvgIpc) is 1.65. The molecule has 0 radical (unpaired) electrons. The predicted octanol–water partition coefficient (Wildman–Crippen LogP) is 0.816. The van der Waals surface area contributed by atoms with E-state index in [1.807, 2.05) is 0 Å². The molecular formula is C5H9NO2. The highest BCUT2D eigenvalue weighted by Crippen LogP contribution is 1.84. The molecule has 1 N–H and O–H groups in total. The minimum atomic E-state index is 0.0142. The van der Waals surface area contributed by atoms with Gasteiger partial charge in [0.2, 0.25) is 0 Å². The first-order chi connectivity index (χ1) is 3.66. The molecule has 0 aromatic carbocycles. The summed E-state index contributed by atoms with van der Waals surface area (Å²) in [6, 6.07) is 0. The van der Waals surface area contributed by atoms with Gasteiger partial charge in [-0.2, -0.15) is 0 Å². The minimum Gasteiger partial charge on any atom is -0.411 e. The summed E-state index contributed by atoms with van der Waals surface area (Å²) in [6.45, 7) is 3.05. The van der Waals surface area contributed by atoms with Gasteiger partial charge < -0.3 is 5.21 Å². The second kappa shape index (κ2) is 3.18. The molecule has 0 unspecified atom stereocenters. The van der Waals surface area contributed by atoms with Crippen LogP contribution in [0.1, 0.15) is 20.3 Å². The molecular weight excluding hydrogens is 106 g/mol. The van der Waals surface area contributed by atoms with Crippen molar-refractivity contribution in [3.63, 3.8) is 0 Å². The van der Waals surface area contributed by atoms with Crippen molar-refractivity contribution in [3.05, 3.63) is 0 Å². The number of carbonyl (C=O) groups is 1. The average molecular weight is 115 g/mol. The lowest BCUT2D eigenvalue weighted by atomic mass is 10.2. The van der Waals surface area contributed by atoms with E-state index < -0.39 is 0 Å². The highest BCUT2D eigenvalue weighted by molar-refractivity contribution is 5.99. The van der Waals surface area contributed by atoms with Crippen LogP contribution in [0.2, 0.25) is 0 Å². The second-order valence-electron chi connectivity index (χ2n) is 1.71. The summed E-state index contributed by atoms with van der Waals surface area (Å²) < 4.78 is 0. The third-order valence-corrected chi connectivity index (χ3v) is 0.675. The Kier molecular flexibility index (Phi) is 2.84. The fraction of sp³-hybridized carbons (Fsp3) is 0.600. The number of nitrogens with zero attached hydrogens (tertiary/aromatic N) is 1. The van der Waals surface area contributed by atoms with Crippen molar-refractivity contribution in [1.82, 2.24) is 0 Å². The van der Waals surface area contributed by atoms with Gasteiger partial charge in [0.25, 0.3) is 0 Å². The van der Waals surface area contributed by atoms with Crippen molar-refractivity contribution < 1.29 is 10.0 Å². The highest BCUT2D eigenvalue weighted by Gasteiger charge is 1.94. The number of hydrogen-bond acceptors (Lipinski definition) is 3. The molecule has 0 bridgehead atoms. The SMILES string of the molecule is CC(=O)CC(C)=NO. The van der Waals surface area contributed by atoms with Crippen molar-refractivity contribution in [2.24, 2.45) is 5.16 Å². The van der Waals surface area contributed by atoms with E-state index in [-0.39, 0.29) is 12.2 Å². The van der Waals surface area contributed by atoms with Crippen LogP contribution in [0.5, 0.6) is 0 Å². The van der Waals surface area contributed by atoms with Crippen LogP contribution in [-0.2, 0) is 4.79 Å². The van der Waals surface area contributed by atoms with Gasteiger partial charge in [0.05, 0.1) is 5.71 Å². The van der Waals surface area contributed by atoms with Gasteiger partial charge in [-0.05, 0) is 13.8 Å². The number of Topliss-reactive ketones (excluding diaryl/α,β-unsaturated/α-hetero) is 1. The molecule has 3 heteroatoms. The van der Waals surface area contributed by atoms with Crippen LogP contribution >= 0.6 is 0 Å². The quantitative estimate of drug-likeness (QED) is 0.329. The van der Waals surface area contributed by atoms with Crippen molar-refractivity contribution in [3.8, 4) is 0 Å². The standard InChI is InChI=1S/C5H9NO2/c1-4(6-8)3-5(2)7/h8H,3H2,1-2H3. The Labute approximate surface area is 48.0 Å². The molecule has 0 fully saturated rings. The number of carbonyl (C=O) groups excluding carboxylic acids is 1. The molecule has 0 saturated heterocycles. The Morgan fingerprint density at radius 3 is 2.25 bits per heavy atom. The van der Waals surface area contributed by atoms with E-state index in [2.05, 4.69) is 5.16 Å². The van der Waals surface area contributed by atoms with E-state index in [0.29, 0.717) is 5.71 Å². The van der Waals surface area contributed by atoms with Crippen LogP contribution in [0, 0.1) is 0 Å². The van der Waals surface area contributed by atoms with E-state index in [4.69, 9.17) is 5.21 Å². The Morgan fingerprint density at radius 1 is 1.62 bits per heavy atom. The van der Waals surface area contributed by atoms with Crippen LogP contribution in [0.3, 0.4) is 0 Å². The van der Waals surface area contributed by atoms with Crippen molar-refractivity contribution in [2.75, 3.05) is 0 Å². The van der Waals surface area contributed by atoms with Crippen LogP contribution < -0.4 is 0 Å². The maximum Gasteiger partial charge on any atom is 0.135 e. The third-order valence-electron chi connectivity index (χ3n) is 0.675. The first-order valence-corrected chi connectivity index (χ1v) is 2.33. The maximum atomic E-state index is 10.2. The van der Waals surface area contributed by atoms with Gasteiger partial charge in [0.1, 0.15) is 5.78 Å². The van der Waals surface area contributed by atoms with Crippen molar-refractivity contribution >= 4 is 11.5 Å². The number of oxime groups is 1. The van der Waals surface area contributed by atoms with Gasteiger partial charge in [-0.15, -0.1) is 0 Å². The zero-order chi connectivity index (χ0) is 6.57.